The van der Waals surface area contributed by atoms with Gasteiger partial charge in [-0.25, -0.2) is 13.4 Å². The number of aromatic nitrogens is 2. The molecule has 0 spiro atoms. The van der Waals surface area contributed by atoms with Crippen LogP contribution in [0.25, 0.3) is 0 Å². The second kappa shape index (κ2) is 4.21. The van der Waals surface area contributed by atoms with Gasteiger partial charge in [-0.1, -0.05) is 11.6 Å². The Morgan fingerprint density at radius 2 is 2.00 bits per heavy atom. The molecule has 1 heterocycles. The molecule has 0 saturated carbocycles. The maximum Gasteiger partial charge on any atom is 0.232 e. The average Bonchev–Trinajstić information content (AvgIpc) is 2.02. The van der Waals surface area contributed by atoms with Crippen molar-refractivity contribution in [2.45, 2.75) is 6.42 Å². The van der Waals surface area contributed by atoms with E-state index < -0.39 is 9.05 Å². The predicted molar refractivity (Wildman–Crippen MR) is 50.4 cm³/mol. The van der Waals surface area contributed by atoms with Crippen LogP contribution in [0.4, 0.5) is 0 Å². The van der Waals surface area contributed by atoms with E-state index in [0.29, 0.717) is 5.69 Å². The zero-order chi connectivity index (χ0) is 9.90. The van der Waals surface area contributed by atoms with Gasteiger partial charge in [-0.15, -0.1) is 0 Å². The molecule has 0 fully saturated rings. The molecule has 0 radical (unpaired) electrons. The molecule has 0 amide bonds. The maximum absolute atomic E-state index is 10.6. The predicted octanol–water partition coefficient (Wildman–Crippen LogP) is 1.24. The Labute approximate surface area is 85.3 Å². The highest BCUT2D eigenvalue weighted by Gasteiger charge is 2.06. The fourth-order valence-electron chi connectivity index (χ4n) is 0.695. The molecule has 7 heteroatoms. The summed E-state index contributed by atoms with van der Waals surface area (Å²) in [7, 11) is 1.55. The van der Waals surface area contributed by atoms with Gasteiger partial charge in [-0.3, -0.25) is 4.98 Å². The molecule has 0 aromatic carbocycles. The molecule has 1 aromatic heterocycles. The Kier molecular flexibility index (Phi) is 3.47. The zero-order valence-electron chi connectivity index (χ0n) is 6.44. The molecule has 0 aliphatic carbocycles. The molecule has 72 valence electrons. The Hall–Kier alpha value is -0.390. The molecular formula is C6H6Cl2N2O2S. The number of rotatable bonds is 3. The first-order valence-electron chi connectivity index (χ1n) is 3.36. The van der Waals surface area contributed by atoms with Gasteiger partial charge in [0, 0.05) is 17.1 Å². The first-order chi connectivity index (χ1) is 5.97. The average molecular weight is 241 g/mol. The summed E-state index contributed by atoms with van der Waals surface area (Å²) in [5.41, 5.74) is 0.550. The van der Waals surface area contributed by atoms with Crippen LogP contribution in [0.5, 0.6) is 0 Å². The second-order valence-electron chi connectivity index (χ2n) is 2.32. The van der Waals surface area contributed by atoms with Crippen LogP contribution in [0.1, 0.15) is 5.69 Å². The van der Waals surface area contributed by atoms with Crippen LogP contribution < -0.4 is 0 Å². The second-order valence-corrected chi connectivity index (χ2v) is 5.61. The molecule has 1 rings (SSSR count). The molecule has 0 N–H and O–H groups in total. The smallest absolute Gasteiger partial charge is 0.232 e. The van der Waals surface area contributed by atoms with Gasteiger partial charge >= 0.3 is 0 Å². The van der Waals surface area contributed by atoms with E-state index in [1.165, 1.54) is 12.4 Å². The fourth-order valence-corrected chi connectivity index (χ4v) is 1.48. The van der Waals surface area contributed by atoms with Gasteiger partial charge in [0.2, 0.25) is 9.05 Å². The number of hydrogen-bond acceptors (Lipinski definition) is 4. The molecule has 1 aromatic rings. The molecule has 0 aliphatic rings. The Bertz CT molecular complexity index is 376. The lowest BCUT2D eigenvalue weighted by Gasteiger charge is -1.96. The number of nitrogens with zero attached hydrogens (tertiary/aromatic N) is 2. The van der Waals surface area contributed by atoms with Crippen LogP contribution in [-0.2, 0) is 15.5 Å². The summed E-state index contributed by atoms with van der Waals surface area (Å²) >= 11 is 5.48. The molecule has 0 aliphatic heterocycles. The molecular weight excluding hydrogens is 235 g/mol. The van der Waals surface area contributed by atoms with Crippen molar-refractivity contribution >= 4 is 31.3 Å². The van der Waals surface area contributed by atoms with E-state index >= 15 is 0 Å². The van der Waals surface area contributed by atoms with E-state index in [1.807, 2.05) is 0 Å². The summed E-state index contributed by atoms with van der Waals surface area (Å²) in [6.45, 7) is 0. The van der Waals surface area contributed by atoms with Crippen LogP contribution in [-0.4, -0.2) is 24.1 Å². The lowest BCUT2D eigenvalue weighted by molar-refractivity contribution is 0.608. The van der Waals surface area contributed by atoms with E-state index in [9.17, 15) is 8.42 Å². The van der Waals surface area contributed by atoms with Crippen LogP contribution in [0, 0.1) is 0 Å². The van der Waals surface area contributed by atoms with E-state index in [1.54, 1.807) is 0 Å². The molecule has 0 atom stereocenters. The monoisotopic (exact) mass is 240 g/mol. The van der Waals surface area contributed by atoms with Gasteiger partial charge in [-0.05, 0) is 0 Å². The quantitative estimate of drug-likeness (QED) is 0.747. The SMILES string of the molecule is O=S(=O)(Cl)CCc1cnc(Cl)cn1. The Morgan fingerprint density at radius 1 is 1.31 bits per heavy atom. The zero-order valence-corrected chi connectivity index (χ0v) is 8.77. The van der Waals surface area contributed by atoms with Crippen molar-refractivity contribution in [1.82, 2.24) is 9.97 Å². The minimum absolute atomic E-state index is 0.148. The summed E-state index contributed by atoms with van der Waals surface area (Å²) in [6.07, 6.45) is 3.03. The van der Waals surface area contributed by atoms with Gasteiger partial charge in [0.15, 0.2) is 0 Å². The third-order valence-electron chi connectivity index (χ3n) is 1.28. The highest BCUT2D eigenvalue weighted by molar-refractivity contribution is 8.13. The summed E-state index contributed by atoms with van der Waals surface area (Å²) in [5, 5.41) is 0.275. The highest BCUT2D eigenvalue weighted by Crippen LogP contribution is 2.04. The molecule has 13 heavy (non-hydrogen) atoms. The Morgan fingerprint density at radius 3 is 2.46 bits per heavy atom. The van der Waals surface area contributed by atoms with Crippen molar-refractivity contribution in [2.24, 2.45) is 0 Å². The fraction of sp³-hybridized carbons (Fsp3) is 0.333. The lowest BCUT2D eigenvalue weighted by atomic mass is 10.4. The number of hydrogen-bond donors (Lipinski definition) is 0. The summed E-state index contributed by atoms with van der Waals surface area (Å²) in [5.74, 6) is -0.148. The van der Waals surface area contributed by atoms with Crippen molar-refractivity contribution in [2.75, 3.05) is 5.75 Å². The standard InChI is InChI=1S/C6H6Cl2N2O2S/c7-6-4-9-5(3-10-6)1-2-13(8,11)12/h3-4H,1-2H2. The molecule has 0 unspecified atom stereocenters. The van der Waals surface area contributed by atoms with Crippen LogP contribution >= 0.6 is 22.3 Å². The van der Waals surface area contributed by atoms with Crippen molar-refractivity contribution in [3.05, 3.63) is 23.2 Å². The van der Waals surface area contributed by atoms with E-state index in [-0.39, 0.29) is 17.3 Å². The number of halogens is 2. The van der Waals surface area contributed by atoms with Gasteiger partial charge < -0.3 is 0 Å². The number of aryl methyl sites for hydroxylation is 1. The minimum Gasteiger partial charge on any atom is -0.256 e. The largest absolute Gasteiger partial charge is 0.256 e. The summed E-state index contributed by atoms with van der Waals surface area (Å²) in [4.78, 5) is 7.61. The van der Waals surface area contributed by atoms with Crippen LogP contribution in [0.15, 0.2) is 12.4 Å². The summed E-state index contributed by atoms with van der Waals surface area (Å²) < 4.78 is 21.1. The third kappa shape index (κ3) is 4.40. The first-order valence-corrected chi connectivity index (χ1v) is 6.22. The summed E-state index contributed by atoms with van der Waals surface area (Å²) in [6, 6.07) is 0. The van der Waals surface area contributed by atoms with Gasteiger partial charge in [0.25, 0.3) is 0 Å². The van der Waals surface area contributed by atoms with Gasteiger partial charge in [-0.2, -0.15) is 0 Å². The highest BCUT2D eigenvalue weighted by atomic mass is 35.7. The van der Waals surface area contributed by atoms with Gasteiger partial charge in [0.05, 0.1) is 23.8 Å². The van der Waals surface area contributed by atoms with Gasteiger partial charge in [0.1, 0.15) is 5.15 Å². The topological polar surface area (TPSA) is 59.9 Å². The molecule has 0 bridgehead atoms. The Balaban J connectivity index is 2.61. The minimum atomic E-state index is -3.46. The first kappa shape index (κ1) is 10.7. The van der Waals surface area contributed by atoms with Crippen LogP contribution in [0.2, 0.25) is 5.15 Å². The maximum atomic E-state index is 10.6. The van der Waals surface area contributed by atoms with Crippen molar-refractivity contribution in [3.63, 3.8) is 0 Å². The lowest BCUT2D eigenvalue weighted by Crippen LogP contribution is -2.02. The van der Waals surface area contributed by atoms with Crippen LogP contribution in [0.3, 0.4) is 0 Å². The van der Waals surface area contributed by atoms with E-state index in [2.05, 4.69) is 9.97 Å². The van der Waals surface area contributed by atoms with E-state index in [0.717, 1.165) is 0 Å². The van der Waals surface area contributed by atoms with Crippen molar-refractivity contribution in [3.8, 4) is 0 Å². The van der Waals surface area contributed by atoms with E-state index in [4.69, 9.17) is 22.3 Å². The third-order valence-corrected chi connectivity index (χ3v) is 2.63. The van der Waals surface area contributed by atoms with Crippen molar-refractivity contribution in [1.29, 1.82) is 0 Å². The molecule has 0 saturated heterocycles. The molecule has 4 nitrogen and oxygen atoms in total. The van der Waals surface area contributed by atoms with Crippen molar-refractivity contribution < 1.29 is 8.42 Å². The normalized spacial score (nSPS) is 11.5.